The van der Waals surface area contributed by atoms with Crippen LogP contribution in [0.5, 0.6) is 0 Å². The van der Waals surface area contributed by atoms with Gasteiger partial charge in [-0.1, -0.05) is 41.4 Å². The topological polar surface area (TPSA) is 95.5 Å². The Labute approximate surface area is 161 Å². The van der Waals surface area contributed by atoms with Crippen LogP contribution in [0.2, 0.25) is 5.02 Å². The minimum Gasteiger partial charge on any atom is -0.480 e. The number of hydrogen-bond acceptors (Lipinski definition) is 3. The number of aryl methyl sites for hydroxylation is 1. The summed E-state index contributed by atoms with van der Waals surface area (Å²) in [7, 11) is 0. The Morgan fingerprint density at radius 2 is 1.63 bits per heavy atom. The summed E-state index contributed by atoms with van der Waals surface area (Å²) in [6.07, 6.45) is 1.45. The number of hydrogen-bond donors (Lipinski definition) is 3. The van der Waals surface area contributed by atoms with Crippen LogP contribution >= 0.6 is 11.6 Å². The van der Waals surface area contributed by atoms with E-state index in [1.807, 2.05) is 6.92 Å². The largest absolute Gasteiger partial charge is 0.480 e. The number of rotatable bonds is 6. The number of carbonyl (C=O) groups is 3. The molecule has 140 valence electrons. The number of carboxylic acid groups (broad SMARTS) is 1. The lowest BCUT2D eigenvalue weighted by Gasteiger charge is -2.13. The van der Waals surface area contributed by atoms with Crippen molar-refractivity contribution < 1.29 is 19.5 Å². The van der Waals surface area contributed by atoms with Gasteiger partial charge in [0.2, 0.25) is 0 Å². The predicted octanol–water partition coefficient (Wildman–Crippen LogP) is 3.01. The molecule has 0 fully saturated rings. The van der Waals surface area contributed by atoms with Gasteiger partial charge in [-0.15, -0.1) is 0 Å². The maximum Gasteiger partial charge on any atom is 0.325 e. The molecule has 0 aliphatic carbocycles. The average molecular weight is 387 g/mol. The minimum atomic E-state index is -1.18. The number of carbonyl (C=O) groups excluding carboxylic acids is 2. The van der Waals surface area contributed by atoms with Crippen LogP contribution in [0, 0.1) is 6.92 Å². The van der Waals surface area contributed by atoms with Crippen molar-refractivity contribution in [2.75, 3.05) is 0 Å². The zero-order valence-corrected chi connectivity index (χ0v) is 15.6. The van der Waals surface area contributed by atoms with Crippen LogP contribution in [-0.2, 0) is 9.59 Å². The van der Waals surface area contributed by atoms with Crippen LogP contribution in [0.4, 0.5) is 0 Å². The summed E-state index contributed by atoms with van der Waals surface area (Å²) in [6, 6.07) is 12.4. The summed E-state index contributed by atoms with van der Waals surface area (Å²) in [4.78, 5) is 35.9. The number of aliphatic carboxylic acids is 1. The first-order chi connectivity index (χ1) is 12.8. The summed E-state index contributed by atoms with van der Waals surface area (Å²) < 4.78 is 0. The molecule has 27 heavy (non-hydrogen) atoms. The SMILES string of the molecule is Cc1ccc(C(=O)N/C(=C/c2ccc(Cl)cc2)C(=O)NC(C)C(=O)O)cc1. The summed E-state index contributed by atoms with van der Waals surface area (Å²) in [5, 5.41) is 14.4. The zero-order valence-electron chi connectivity index (χ0n) is 14.8. The molecule has 0 saturated heterocycles. The van der Waals surface area contributed by atoms with Crippen molar-refractivity contribution in [3.8, 4) is 0 Å². The quantitative estimate of drug-likeness (QED) is 0.665. The normalized spacial score (nSPS) is 12.2. The molecule has 0 spiro atoms. The molecule has 0 aliphatic rings. The lowest BCUT2D eigenvalue weighted by molar-refractivity contribution is -0.140. The van der Waals surface area contributed by atoms with E-state index in [4.69, 9.17) is 16.7 Å². The van der Waals surface area contributed by atoms with E-state index in [0.29, 0.717) is 16.1 Å². The third kappa shape index (κ3) is 5.97. The van der Waals surface area contributed by atoms with E-state index in [2.05, 4.69) is 10.6 Å². The first kappa shape index (κ1) is 20.2. The number of halogens is 1. The maximum atomic E-state index is 12.5. The molecule has 2 amide bonds. The highest BCUT2D eigenvalue weighted by Crippen LogP contribution is 2.13. The van der Waals surface area contributed by atoms with Crippen LogP contribution in [0.1, 0.15) is 28.4 Å². The van der Waals surface area contributed by atoms with Gasteiger partial charge in [-0.2, -0.15) is 0 Å². The number of nitrogens with one attached hydrogen (secondary N) is 2. The highest BCUT2D eigenvalue weighted by molar-refractivity contribution is 6.30. The molecule has 2 rings (SSSR count). The lowest BCUT2D eigenvalue weighted by atomic mass is 10.1. The van der Waals surface area contributed by atoms with E-state index >= 15 is 0 Å². The van der Waals surface area contributed by atoms with Crippen molar-refractivity contribution in [3.63, 3.8) is 0 Å². The first-order valence-corrected chi connectivity index (χ1v) is 8.53. The van der Waals surface area contributed by atoms with Crippen molar-refractivity contribution in [3.05, 3.63) is 75.9 Å². The molecule has 0 heterocycles. The average Bonchev–Trinajstić information content (AvgIpc) is 2.63. The Bertz CT molecular complexity index is 874. The van der Waals surface area contributed by atoms with E-state index < -0.39 is 23.8 Å². The second-order valence-electron chi connectivity index (χ2n) is 5.96. The summed E-state index contributed by atoms with van der Waals surface area (Å²) in [5.74, 6) is -2.37. The first-order valence-electron chi connectivity index (χ1n) is 8.15. The number of benzene rings is 2. The standard InChI is InChI=1S/C20H19ClN2O4/c1-12-3-7-15(8-4-12)18(24)23-17(19(25)22-13(2)20(26)27)11-14-5-9-16(21)10-6-14/h3-11,13H,1-2H3,(H,22,25)(H,23,24)(H,26,27)/b17-11+. The molecular weight excluding hydrogens is 368 g/mol. The smallest absolute Gasteiger partial charge is 0.325 e. The molecule has 6 nitrogen and oxygen atoms in total. The van der Waals surface area contributed by atoms with Crippen LogP contribution in [0.15, 0.2) is 54.2 Å². The predicted molar refractivity (Wildman–Crippen MR) is 103 cm³/mol. The van der Waals surface area contributed by atoms with E-state index in [-0.39, 0.29) is 5.70 Å². The molecule has 1 atom stereocenters. The van der Waals surface area contributed by atoms with Gasteiger partial charge in [0, 0.05) is 10.6 Å². The molecule has 0 aromatic heterocycles. The van der Waals surface area contributed by atoms with Crippen LogP contribution in [-0.4, -0.2) is 28.9 Å². The van der Waals surface area contributed by atoms with Crippen molar-refractivity contribution in [2.45, 2.75) is 19.9 Å². The highest BCUT2D eigenvalue weighted by atomic mass is 35.5. The molecule has 0 saturated carbocycles. The summed E-state index contributed by atoms with van der Waals surface area (Å²) in [6.45, 7) is 3.23. The van der Waals surface area contributed by atoms with Gasteiger partial charge in [0.15, 0.2) is 0 Å². The molecule has 0 aliphatic heterocycles. The minimum absolute atomic E-state index is 0.0732. The second-order valence-corrected chi connectivity index (χ2v) is 6.40. The second kappa shape index (κ2) is 9.00. The van der Waals surface area contributed by atoms with Crippen LogP contribution in [0.25, 0.3) is 6.08 Å². The van der Waals surface area contributed by atoms with E-state index in [1.54, 1.807) is 48.5 Å². The molecule has 2 aromatic carbocycles. The van der Waals surface area contributed by atoms with Crippen LogP contribution in [0.3, 0.4) is 0 Å². The Morgan fingerprint density at radius 3 is 2.19 bits per heavy atom. The van der Waals surface area contributed by atoms with Crippen molar-refractivity contribution >= 4 is 35.5 Å². The molecule has 2 aromatic rings. The number of amides is 2. The molecule has 3 N–H and O–H groups in total. The van der Waals surface area contributed by atoms with Crippen molar-refractivity contribution in [1.29, 1.82) is 0 Å². The Morgan fingerprint density at radius 1 is 1.04 bits per heavy atom. The fourth-order valence-corrected chi connectivity index (χ4v) is 2.25. The van der Waals surface area contributed by atoms with Crippen LogP contribution < -0.4 is 10.6 Å². The Hall–Kier alpha value is -3.12. The van der Waals surface area contributed by atoms with Gasteiger partial charge >= 0.3 is 5.97 Å². The Kier molecular flexibility index (Phi) is 6.73. The van der Waals surface area contributed by atoms with Gasteiger partial charge < -0.3 is 15.7 Å². The highest BCUT2D eigenvalue weighted by Gasteiger charge is 2.19. The molecule has 1 unspecified atom stereocenters. The van der Waals surface area contributed by atoms with Crippen molar-refractivity contribution in [2.24, 2.45) is 0 Å². The third-order valence-electron chi connectivity index (χ3n) is 3.71. The van der Waals surface area contributed by atoms with Gasteiger partial charge in [-0.05, 0) is 49.8 Å². The van der Waals surface area contributed by atoms with Gasteiger partial charge in [-0.25, -0.2) is 0 Å². The Balaban J connectivity index is 2.29. The van der Waals surface area contributed by atoms with Gasteiger partial charge in [0.05, 0.1) is 0 Å². The fraction of sp³-hybridized carbons (Fsp3) is 0.150. The van der Waals surface area contributed by atoms with Gasteiger partial charge in [0.25, 0.3) is 11.8 Å². The van der Waals surface area contributed by atoms with E-state index in [1.165, 1.54) is 13.0 Å². The summed E-state index contributed by atoms with van der Waals surface area (Å²) in [5.41, 5.74) is 1.92. The molecule has 7 heteroatoms. The maximum absolute atomic E-state index is 12.5. The fourth-order valence-electron chi connectivity index (χ4n) is 2.12. The van der Waals surface area contributed by atoms with Gasteiger partial charge in [0.1, 0.15) is 11.7 Å². The molecular formula is C20H19ClN2O4. The molecule has 0 bridgehead atoms. The van der Waals surface area contributed by atoms with Gasteiger partial charge in [-0.3, -0.25) is 14.4 Å². The molecule has 0 radical (unpaired) electrons. The third-order valence-corrected chi connectivity index (χ3v) is 3.96. The number of carboxylic acids is 1. The van der Waals surface area contributed by atoms with E-state index in [0.717, 1.165) is 5.56 Å². The van der Waals surface area contributed by atoms with E-state index in [9.17, 15) is 14.4 Å². The zero-order chi connectivity index (χ0) is 20.0. The van der Waals surface area contributed by atoms with Crippen molar-refractivity contribution in [1.82, 2.24) is 10.6 Å². The monoisotopic (exact) mass is 386 g/mol. The summed E-state index contributed by atoms with van der Waals surface area (Å²) >= 11 is 5.86. The lowest BCUT2D eigenvalue weighted by Crippen LogP contribution is -2.42.